The van der Waals surface area contributed by atoms with Crippen LogP contribution in [0.1, 0.15) is 10.4 Å². The van der Waals surface area contributed by atoms with E-state index in [0.717, 1.165) is 4.47 Å². The average molecular weight is 401 g/mol. The van der Waals surface area contributed by atoms with Gasteiger partial charge in [0.15, 0.2) is 0 Å². The van der Waals surface area contributed by atoms with Gasteiger partial charge in [-0.25, -0.2) is 4.79 Å². The zero-order valence-corrected chi connectivity index (χ0v) is 13.5. The van der Waals surface area contributed by atoms with E-state index in [-0.39, 0.29) is 12.4 Å². The molecule has 0 radical (unpaired) electrons. The number of nitrogens with one attached hydrogen (secondary N) is 1. The number of methoxy groups -OCH3 is 1. The number of ether oxygens (including phenoxy) is 1. The molecule has 2 N–H and O–H groups in total. The normalized spacial score (nSPS) is 12.1. The van der Waals surface area contributed by atoms with E-state index >= 15 is 0 Å². The first-order chi connectivity index (χ1) is 8.49. The Kier molecular flexibility index (Phi) is 6.42. The van der Waals surface area contributed by atoms with E-state index in [2.05, 4.69) is 37.2 Å². The second-order valence-electron chi connectivity index (χ2n) is 3.49. The van der Waals surface area contributed by atoms with Crippen molar-refractivity contribution in [3.63, 3.8) is 0 Å². The Balaban J connectivity index is 3.04. The van der Waals surface area contributed by atoms with Gasteiger partial charge in [0.25, 0.3) is 0 Å². The minimum atomic E-state index is -0.687. The van der Waals surface area contributed by atoms with Gasteiger partial charge in [-0.15, -0.1) is 11.6 Å². The number of aliphatic hydroxyl groups is 1. The third kappa shape index (κ3) is 4.12. The number of anilines is 1. The minimum Gasteiger partial charge on any atom is -0.465 e. The quantitative estimate of drug-likeness (QED) is 0.588. The van der Waals surface area contributed by atoms with Crippen LogP contribution in [0.5, 0.6) is 0 Å². The zero-order valence-electron chi connectivity index (χ0n) is 9.54. The van der Waals surface area contributed by atoms with Crippen LogP contribution >= 0.6 is 43.5 Å². The molecule has 0 heterocycles. The van der Waals surface area contributed by atoms with Gasteiger partial charge in [-0.2, -0.15) is 0 Å². The lowest BCUT2D eigenvalue weighted by molar-refractivity contribution is 0.0601. The summed E-state index contributed by atoms with van der Waals surface area (Å²) in [5.74, 6) is -0.339. The molecule has 1 rings (SSSR count). The van der Waals surface area contributed by atoms with E-state index in [0.29, 0.717) is 15.7 Å². The molecule has 1 aromatic rings. The Morgan fingerprint density at radius 2 is 2.22 bits per heavy atom. The molecular weight excluding hydrogens is 389 g/mol. The van der Waals surface area contributed by atoms with Crippen LogP contribution in [0.3, 0.4) is 0 Å². The van der Waals surface area contributed by atoms with E-state index in [1.54, 1.807) is 12.1 Å². The molecule has 0 aliphatic heterocycles. The fourth-order valence-corrected chi connectivity index (χ4v) is 2.77. The number of alkyl halides is 1. The predicted octanol–water partition coefficient (Wildman–Crippen LogP) is 3.01. The number of rotatable bonds is 5. The number of benzene rings is 1. The molecule has 7 heteroatoms. The molecule has 0 saturated carbocycles. The lowest BCUT2D eigenvalue weighted by Gasteiger charge is -2.15. The maximum absolute atomic E-state index is 11.7. The van der Waals surface area contributed by atoms with Crippen LogP contribution in [-0.2, 0) is 4.74 Å². The van der Waals surface area contributed by atoms with E-state index < -0.39 is 12.1 Å². The molecule has 1 unspecified atom stereocenters. The van der Waals surface area contributed by atoms with Gasteiger partial charge >= 0.3 is 5.97 Å². The Morgan fingerprint density at radius 1 is 1.56 bits per heavy atom. The summed E-state index contributed by atoms with van der Waals surface area (Å²) in [7, 11) is 1.31. The van der Waals surface area contributed by atoms with Crippen molar-refractivity contribution in [2.24, 2.45) is 0 Å². The second-order valence-corrected chi connectivity index (χ2v) is 5.57. The fourth-order valence-electron chi connectivity index (χ4n) is 1.30. The lowest BCUT2D eigenvalue weighted by atomic mass is 10.1. The molecule has 0 fully saturated rings. The number of hydrogen-bond donors (Lipinski definition) is 2. The summed E-state index contributed by atoms with van der Waals surface area (Å²) in [5, 5.41) is 12.4. The summed E-state index contributed by atoms with van der Waals surface area (Å²) >= 11 is 12.2. The highest BCUT2D eigenvalue weighted by Crippen LogP contribution is 2.31. The number of halogens is 3. The van der Waals surface area contributed by atoms with E-state index in [1.165, 1.54) is 7.11 Å². The van der Waals surface area contributed by atoms with Crippen LogP contribution in [-0.4, -0.2) is 36.7 Å². The minimum absolute atomic E-state index is 0.120. The van der Waals surface area contributed by atoms with Gasteiger partial charge in [0.2, 0.25) is 0 Å². The van der Waals surface area contributed by atoms with Crippen LogP contribution in [0.25, 0.3) is 0 Å². The molecule has 0 aliphatic rings. The largest absolute Gasteiger partial charge is 0.465 e. The SMILES string of the molecule is COC(=O)c1cc(Br)cc(Br)c1NCC(O)CCl. The van der Waals surface area contributed by atoms with Crippen molar-refractivity contribution in [2.75, 3.05) is 24.9 Å². The number of esters is 1. The van der Waals surface area contributed by atoms with Gasteiger partial charge in [-0.05, 0) is 28.1 Å². The molecule has 0 aliphatic carbocycles. The monoisotopic (exact) mass is 399 g/mol. The fraction of sp³-hybridized carbons (Fsp3) is 0.364. The molecule has 18 heavy (non-hydrogen) atoms. The predicted molar refractivity (Wildman–Crippen MR) is 78.4 cm³/mol. The van der Waals surface area contributed by atoms with Crippen molar-refractivity contribution in [3.05, 3.63) is 26.6 Å². The van der Waals surface area contributed by atoms with E-state index in [4.69, 9.17) is 16.3 Å². The first-order valence-electron chi connectivity index (χ1n) is 5.04. The molecular formula is C11H12Br2ClNO3. The van der Waals surface area contributed by atoms with Crippen molar-refractivity contribution in [2.45, 2.75) is 6.10 Å². The maximum atomic E-state index is 11.7. The molecule has 1 atom stereocenters. The highest BCUT2D eigenvalue weighted by molar-refractivity contribution is 9.11. The van der Waals surface area contributed by atoms with Gasteiger partial charge in [-0.3, -0.25) is 0 Å². The molecule has 0 bridgehead atoms. The van der Waals surface area contributed by atoms with Crippen LogP contribution < -0.4 is 5.32 Å². The van der Waals surface area contributed by atoms with Crippen molar-refractivity contribution >= 4 is 55.1 Å². The Morgan fingerprint density at radius 3 is 2.78 bits per heavy atom. The van der Waals surface area contributed by atoms with Gasteiger partial charge in [0.05, 0.1) is 30.3 Å². The Labute approximate surface area is 127 Å². The molecule has 1 aromatic carbocycles. The number of aliphatic hydroxyl groups excluding tert-OH is 1. The summed E-state index contributed by atoms with van der Waals surface area (Å²) in [6.07, 6.45) is -0.687. The Hall–Kier alpha value is -0.300. The Bertz CT molecular complexity index is 443. The topological polar surface area (TPSA) is 58.6 Å². The molecule has 0 spiro atoms. The third-order valence-electron chi connectivity index (χ3n) is 2.15. The molecule has 0 saturated heterocycles. The summed E-state index contributed by atoms with van der Waals surface area (Å²) in [4.78, 5) is 11.7. The lowest BCUT2D eigenvalue weighted by Crippen LogP contribution is -2.22. The summed E-state index contributed by atoms with van der Waals surface area (Å²) in [5.41, 5.74) is 0.940. The van der Waals surface area contributed by atoms with Crippen molar-refractivity contribution in [1.29, 1.82) is 0 Å². The average Bonchev–Trinajstić information content (AvgIpc) is 2.35. The van der Waals surface area contributed by atoms with Crippen LogP contribution in [0.2, 0.25) is 0 Å². The second kappa shape index (κ2) is 7.33. The highest BCUT2D eigenvalue weighted by atomic mass is 79.9. The van der Waals surface area contributed by atoms with E-state index in [1.807, 2.05) is 0 Å². The number of carbonyl (C=O) groups is 1. The van der Waals surface area contributed by atoms with Gasteiger partial charge in [0.1, 0.15) is 0 Å². The highest BCUT2D eigenvalue weighted by Gasteiger charge is 2.16. The summed E-state index contributed by atoms with van der Waals surface area (Å²) < 4.78 is 6.15. The smallest absolute Gasteiger partial charge is 0.340 e. The summed E-state index contributed by atoms with van der Waals surface area (Å²) in [6, 6.07) is 3.44. The van der Waals surface area contributed by atoms with Gasteiger partial charge < -0.3 is 15.2 Å². The summed E-state index contributed by atoms with van der Waals surface area (Å²) in [6.45, 7) is 0.244. The standard InChI is InChI=1S/C11H12Br2ClNO3/c1-18-11(17)8-2-6(12)3-9(13)10(8)15-5-7(16)4-14/h2-3,7,15-16H,4-5H2,1H3. The maximum Gasteiger partial charge on any atom is 0.340 e. The zero-order chi connectivity index (χ0) is 13.7. The number of carbonyl (C=O) groups excluding carboxylic acids is 1. The van der Waals surface area contributed by atoms with Crippen LogP contribution in [0.4, 0.5) is 5.69 Å². The molecule has 4 nitrogen and oxygen atoms in total. The van der Waals surface area contributed by atoms with Crippen molar-refractivity contribution < 1.29 is 14.6 Å². The van der Waals surface area contributed by atoms with Crippen molar-refractivity contribution in [3.8, 4) is 0 Å². The first-order valence-corrected chi connectivity index (χ1v) is 7.17. The third-order valence-corrected chi connectivity index (χ3v) is 3.59. The molecule has 0 aromatic heterocycles. The van der Waals surface area contributed by atoms with Crippen LogP contribution in [0.15, 0.2) is 21.1 Å². The van der Waals surface area contributed by atoms with Gasteiger partial charge in [-0.1, -0.05) is 15.9 Å². The molecule has 0 amide bonds. The first kappa shape index (κ1) is 15.8. The van der Waals surface area contributed by atoms with Gasteiger partial charge in [0, 0.05) is 15.5 Å². The number of hydrogen-bond acceptors (Lipinski definition) is 4. The molecule has 100 valence electrons. The van der Waals surface area contributed by atoms with E-state index in [9.17, 15) is 9.90 Å². The van der Waals surface area contributed by atoms with Crippen molar-refractivity contribution in [1.82, 2.24) is 0 Å². The van der Waals surface area contributed by atoms with Crippen LogP contribution in [0, 0.1) is 0 Å².